The summed E-state index contributed by atoms with van der Waals surface area (Å²) in [5.41, 5.74) is 14.7. The van der Waals surface area contributed by atoms with Crippen molar-refractivity contribution in [2.24, 2.45) is 11.5 Å². The summed E-state index contributed by atoms with van der Waals surface area (Å²) in [6, 6.07) is 16.9. The third kappa shape index (κ3) is 13.5. The molecule has 3 aromatic rings. The van der Waals surface area contributed by atoms with E-state index in [-0.39, 0.29) is 37.0 Å². The summed E-state index contributed by atoms with van der Waals surface area (Å²) in [6.45, 7) is 5.68. The van der Waals surface area contributed by atoms with Crippen molar-refractivity contribution >= 4 is 34.4 Å². The fraction of sp³-hybridized carbons (Fsp3) is 0.344. The molecule has 0 unspecified atom stereocenters. The van der Waals surface area contributed by atoms with E-state index in [1.54, 1.807) is 32.9 Å². The standard InChI is InChI=1S/C32H41N7O4S/c1-32(2,3)43-31(42)35-21-24-13-9-12-23(18-24)20-27(40)36-26(34)17-16-25(33)14-7-8-15-29-38-39-30(44-29)37-28(41)19-22-10-5-4-6-11-22/h4-6,9-13,16-18H,7-8,14-15,19-21,33-34H2,1-3H3,(H,35,42)(H,36,40)(H,37,39,41)/b25-16-,26-17+. The van der Waals surface area contributed by atoms with Crippen molar-refractivity contribution < 1.29 is 19.1 Å². The minimum absolute atomic E-state index is 0.123. The van der Waals surface area contributed by atoms with E-state index in [9.17, 15) is 14.4 Å². The molecule has 0 atom stereocenters. The zero-order chi connectivity index (χ0) is 32.0. The van der Waals surface area contributed by atoms with E-state index in [1.807, 2.05) is 54.6 Å². The SMILES string of the molecule is CC(C)(C)OC(=O)NCc1cccc(CC(=O)N/C(N)=C/C=C(\N)CCCCc2nnc(NC(=O)Cc3ccccc3)s2)c1. The molecule has 3 rings (SSSR count). The second kappa shape index (κ2) is 16.8. The van der Waals surface area contributed by atoms with Crippen molar-refractivity contribution in [1.82, 2.24) is 20.8 Å². The molecule has 0 aliphatic heterocycles. The Balaban J connectivity index is 1.34. The molecule has 0 aliphatic carbocycles. The molecule has 0 saturated heterocycles. The first kappa shape index (κ1) is 33.8. The largest absolute Gasteiger partial charge is 0.444 e. The van der Waals surface area contributed by atoms with Crippen LogP contribution < -0.4 is 27.4 Å². The molecule has 1 aromatic heterocycles. The average Bonchev–Trinajstić information content (AvgIpc) is 3.39. The van der Waals surface area contributed by atoms with Gasteiger partial charge in [-0.1, -0.05) is 65.9 Å². The molecule has 0 saturated carbocycles. The molecule has 11 nitrogen and oxygen atoms in total. The minimum Gasteiger partial charge on any atom is -0.444 e. The molecular formula is C32H41N7O4S. The fourth-order valence-electron chi connectivity index (χ4n) is 4.01. The van der Waals surface area contributed by atoms with Crippen LogP contribution in [0, 0.1) is 0 Å². The van der Waals surface area contributed by atoms with Crippen molar-refractivity contribution in [3.63, 3.8) is 0 Å². The first-order valence-electron chi connectivity index (χ1n) is 14.4. The number of unbranched alkanes of at least 4 members (excludes halogenated alkanes) is 1. The summed E-state index contributed by atoms with van der Waals surface area (Å²) in [5, 5.41) is 17.7. The third-order valence-electron chi connectivity index (χ3n) is 5.98. The van der Waals surface area contributed by atoms with Gasteiger partial charge in [0.2, 0.25) is 16.9 Å². The molecule has 3 amide bonds. The molecule has 0 spiro atoms. The first-order valence-corrected chi connectivity index (χ1v) is 15.2. The number of anilines is 1. The molecule has 7 N–H and O–H groups in total. The molecule has 234 valence electrons. The highest BCUT2D eigenvalue weighted by Crippen LogP contribution is 2.18. The van der Waals surface area contributed by atoms with Crippen molar-refractivity contribution in [2.75, 3.05) is 5.32 Å². The highest BCUT2D eigenvalue weighted by molar-refractivity contribution is 7.15. The lowest BCUT2D eigenvalue weighted by molar-refractivity contribution is -0.119. The number of alkyl carbamates (subject to hydrolysis) is 1. The van der Waals surface area contributed by atoms with E-state index in [0.717, 1.165) is 41.0 Å². The predicted molar refractivity (Wildman–Crippen MR) is 172 cm³/mol. The van der Waals surface area contributed by atoms with Gasteiger partial charge in [-0.25, -0.2) is 4.79 Å². The minimum atomic E-state index is -0.576. The summed E-state index contributed by atoms with van der Waals surface area (Å²) < 4.78 is 5.25. The molecule has 44 heavy (non-hydrogen) atoms. The van der Waals surface area contributed by atoms with Crippen LogP contribution in [0.2, 0.25) is 0 Å². The topological polar surface area (TPSA) is 174 Å². The fourth-order valence-corrected chi connectivity index (χ4v) is 4.80. The van der Waals surface area contributed by atoms with Gasteiger partial charge in [-0.15, -0.1) is 10.2 Å². The Hall–Kier alpha value is -4.71. The molecule has 0 fully saturated rings. The Morgan fingerprint density at radius 2 is 1.59 bits per heavy atom. The summed E-state index contributed by atoms with van der Waals surface area (Å²) in [5.74, 6) is -0.203. The Labute approximate surface area is 262 Å². The summed E-state index contributed by atoms with van der Waals surface area (Å²) in [7, 11) is 0. The van der Waals surface area contributed by atoms with E-state index in [4.69, 9.17) is 16.2 Å². The van der Waals surface area contributed by atoms with E-state index >= 15 is 0 Å². The highest BCUT2D eigenvalue weighted by atomic mass is 32.1. The van der Waals surface area contributed by atoms with Crippen LogP contribution in [0.25, 0.3) is 0 Å². The molecule has 0 bridgehead atoms. The Bertz CT molecular complexity index is 1460. The number of nitrogens with two attached hydrogens (primary N) is 2. The molecule has 0 radical (unpaired) electrons. The van der Waals surface area contributed by atoms with Crippen LogP contribution in [-0.4, -0.2) is 33.7 Å². The second-order valence-electron chi connectivity index (χ2n) is 11.2. The molecule has 12 heteroatoms. The number of aryl methyl sites for hydroxylation is 1. The van der Waals surface area contributed by atoms with Gasteiger partial charge in [0, 0.05) is 18.7 Å². The lowest BCUT2D eigenvalue weighted by atomic mass is 10.1. The summed E-state index contributed by atoms with van der Waals surface area (Å²) in [6.07, 6.45) is 6.23. The van der Waals surface area contributed by atoms with Crippen LogP contribution in [0.4, 0.5) is 9.93 Å². The number of ether oxygens (including phenoxy) is 1. The first-order chi connectivity index (χ1) is 20.9. The highest BCUT2D eigenvalue weighted by Gasteiger charge is 2.16. The van der Waals surface area contributed by atoms with E-state index in [1.165, 1.54) is 11.3 Å². The number of benzene rings is 2. The monoisotopic (exact) mass is 619 g/mol. The number of carbonyl (C=O) groups is 3. The van der Waals surface area contributed by atoms with E-state index < -0.39 is 11.7 Å². The number of aromatic nitrogens is 2. The Kier molecular flexibility index (Phi) is 12.9. The maximum absolute atomic E-state index is 12.5. The number of hydrogen-bond acceptors (Lipinski definition) is 9. The Morgan fingerprint density at radius 1 is 0.886 bits per heavy atom. The van der Waals surface area contributed by atoms with E-state index in [2.05, 4.69) is 26.1 Å². The number of hydrogen-bond donors (Lipinski definition) is 5. The summed E-state index contributed by atoms with van der Waals surface area (Å²) in [4.78, 5) is 36.6. The van der Waals surface area contributed by atoms with Gasteiger partial charge in [0.25, 0.3) is 0 Å². The van der Waals surface area contributed by atoms with E-state index in [0.29, 0.717) is 17.2 Å². The lowest BCUT2D eigenvalue weighted by Gasteiger charge is -2.19. The van der Waals surface area contributed by atoms with Gasteiger partial charge in [0.1, 0.15) is 16.4 Å². The molecular weight excluding hydrogens is 578 g/mol. The quantitative estimate of drug-likeness (QED) is 0.130. The van der Waals surface area contributed by atoms with Gasteiger partial charge in [-0.05, 0) is 68.9 Å². The van der Waals surface area contributed by atoms with Crippen molar-refractivity contribution in [1.29, 1.82) is 0 Å². The van der Waals surface area contributed by atoms with Gasteiger partial charge in [0.15, 0.2) is 0 Å². The van der Waals surface area contributed by atoms with Crippen molar-refractivity contribution in [3.8, 4) is 0 Å². The van der Waals surface area contributed by atoms with Gasteiger partial charge in [0.05, 0.1) is 12.8 Å². The number of amides is 3. The Morgan fingerprint density at radius 3 is 2.34 bits per heavy atom. The maximum Gasteiger partial charge on any atom is 0.407 e. The van der Waals surface area contributed by atoms with Gasteiger partial charge in [-0.2, -0.15) is 0 Å². The third-order valence-corrected chi connectivity index (χ3v) is 6.88. The molecule has 1 heterocycles. The van der Waals surface area contributed by atoms with Gasteiger partial charge < -0.3 is 32.2 Å². The van der Waals surface area contributed by atoms with Crippen LogP contribution in [0.15, 0.2) is 78.3 Å². The lowest BCUT2D eigenvalue weighted by Crippen LogP contribution is -2.32. The normalized spacial score (nSPS) is 12.0. The van der Waals surface area contributed by atoms with Crippen LogP contribution in [0.1, 0.15) is 61.7 Å². The number of allylic oxidation sites excluding steroid dienone is 3. The smallest absolute Gasteiger partial charge is 0.407 e. The van der Waals surface area contributed by atoms with Crippen LogP contribution >= 0.6 is 11.3 Å². The zero-order valence-corrected chi connectivity index (χ0v) is 26.2. The molecule has 2 aromatic carbocycles. The maximum atomic E-state index is 12.5. The van der Waals surface area contributed by atoms with Crippen LogP contribution in [0.3, 0.4) is 0 Å². The number of nitrogens with zero attached hydrogens (tertiary/aromatic N) is 2. The summed E-state index contributed by atoms with van der Waals surface area (Å²) >= 11 is 1.37. The van der Waals surface area contributed by atoms with Gasteiger partial charge in [-0.3, -0.25) is 9.59 Å². The zero-order valence-electron chi connectivity index (χ0n) is 25.4. The van der Waals surface area contributed by atoms with Crippen LogP contribution in [0.5, 0.6) is 0 Å². The van der Waals surface area contributed by atoms with Gasteiger partial charge >= 0.3 is 6.09 Å². The number of carbonyl (C=O) groups excluding carboxylic acids is 3. The van der Waals surface area contributed by atoms with Crippen molar-refractivity contribution in [2.45, 2.75) is 71.4 Å². The van der Waals surface area contributed by atoms with Crippen LogP contribution in [-0.2, 0) is 40.1 Å². The number of rotatable bonds is 14. The average molecular weight is 620 g/mol. The second-order valence-corrected chi connectivity index (χ2v) is 12.2. The molecule has 0 aliphatic rings. The predicted octanol–water partition coefficient (Wildman–Crippen LogP) is 4.46. The number of nitrogens with one attached hydrogen (secondary N) is 3. The van der Waals surface area contributed by atoms with Crippen molar-refractivity contribution in [3.05, 3.63) is 100.0 Å².